The van der Waals surface area contributed by atoms with Crippen LogP contribution in [-0.4, -0.2) is 12.6 Å². The second kappa shape index (κ2) is 6.58. The van der Waals surface area contributed by atoms with E-state index in [-0.39, 0.29) is 0 Å². The summed E-state index contributed by atoms with van der Waals surface area (Å²) in [6.45, 7) is 5.53. The third-order valence-electron chi connectivity index (χ3n) is 3.88. The molecule has 0 spiro atoms. The second-order valence-corrected chi connectivity index (χ2v) is 5.80. The van der Waals surface area contributed by atoms with E-state index in [1.807, 2.05) is 12.1 Å². The Labute approximate surface area is 116 Å². The Bertz CT molecular complexity index is 350. The predicted molar refractivity (Wildman–Crippen MR) is 79.3 cm³/mol. The average Bonchev–Trinajstić information content (AvgIpc) is 3.17. The highest BCUT2D eigenvalue weighted by Crippen LogP contribution is 2.45. The predicted octanol–water partition coefficient (Wildman–Crippen LogP) is 4.61. The number of rotatable bonds is 7. The highest BCUT2D eigenvalue weighted by Gasteiger charge is 2.36. The fourth-order valence-corrected chi connectivity index (χ4v) is 3.08. The van der Waals surface area contributed by atoms with E-state index in [0.29, 0.717) is 12.0 Å². The Morgan fingerprint density at radius 1 is 1.22 bits per heavy atom. The number of hydrogen-bond acceptors (Lipinski definition) is 1. The van der Waals surface area contributed by atoms with Gasteiger partial charge in [0.15, 0.2) is 0 Å². The topological polar surface area (TPSA) is 12.0 Å². The van der Waals surface area contributed by atoms with Gasteiger partial charge in [-0.25, -0.2) is 0 Å². The van der Waals surface area contributed by atoms with Gasteiger partial charge in [-0.2, -0.15) is 0 Å². The lowest BCUT2D eigenvalue weighted by molar-refractivity contribution is 0.383. The van der Waals surface area contributed by atoms with Crippen LogP contribution in [0.1, 0.15) is 51.0 Å². The van der Waals surface area contributed by atoms with Crippen molar-refractivity contribution in [2.24, 2.45) is 5.92 Å². The minimum Gasteiger partial charge on any atom is -0.314 e. The first kappa shape index (κ1) is 13.9. The number of likely N-dealkylation sites (N-methyl/N-ethyl adjacent to an activating group) is 1. The maximum absolute atomic E-state index is 6.00. The largest absolute Gasteiger partial charge is 0.314 e. The van der Waals surface area contributed by atoms with Gasteiger partial charge in [-0.05, 0) is 49.4 Å². The van der Waals surface area contributed by atoms with E-state index in [4.69, 9.17) is 11.6 Å². The van der Waals surface area contributed by atoms with Crippen molar-refractivity contribution in [1.29, 1.82) is 0 Å². The summed E-state index contributed by atoms with van der Waals surface area (Å²) < 4.78 is 0. The molecule has 0 saturated heterocycles. The van der Waals surface area contributed by atoms with Gasteiger partial charge < -0.3 is 5.32 Å². The zero-order chi connectivity index (χ0) is 13.0. The zero-order valence-electron chi connectivity index (χ0n) is 11.5. The summed E-state index contributed by atoms with van der Waals surface area (Å²) in [4.78, 5) is 0. The fraction of sp³-hybridized carbons (Fsp3) is 0.625. The van der Waals surface area contributed by atoms with Gasteiger partial charge in [0.05, 0.1) is 0 Å². The molecule has 0 heterocycles. The summed E-state index contributed by atoms with van der Waals surface area (Å²) in [6.07, 6.45) is 5.28. The molecular formula is C16H24ClN. The first-order valence-electron chi connectivity index (χ1n) is 7.25. The molecule has 100 valence electrons. The van der Waals surface area contributed by atoms with Gasteiger partial charge in [0.25, 0.3) is 0 Å². The smallest absolute Gasteiger partial charge is 0.0406 e. The fourth-order valence-electron chi connectivity index (χ4n) is 2.96. The standard InChI is InChI=1S/C16H24ClN/c1-3-5-15(18-4-2)16(12-6-7-12)13-8-10-14(17)11-9-13/h8-12,15-16,18H,3-7H2,1-2H3. The van der Waals surface area contributed by atoms with Crippen molar-refractivity contribution in [2.45, 2.75) is 51.5 Å². The van der Waals surface area contributed by atoms with Crippen LogP contribution in [0, 0.1) is 5.92 Å². The van der Waals surface area contributed by atoms with Crippen LogP contribution < -0.4 is 5.32 Å². The highest BCUT2D eigenvalue weighted by molar-refractivity contribution is 6.30. The molecule has 1 N–H and O–H groups in total. The number of halogens is 1. The first-order chi connectivity index (χ1) is 8.76. The van der Waals surface area contributed by atoms with Crippen molar-refractivity contribution in [1.82, 2.24) is 5.32 Å². The van der Waals surface area contributed by atoms with Crippen LogP contribution in [0.2, 0.25) is 5.02 Å². The second-order valence-electron chi connectivity index (χ2n) is 5.37. The minimum atomic E-state index is 0.619. The summed E-state index contributed by atoms with van der Waals surface area (Å²) >= 11 is 6.00. The van der Waals surface area contributed by atoms with Gasteiger partial charge >= 0.3 is 0 Å². The van der Waals surface area contributed by atoms with Gasteiger partial charge in [-0.3, -0.25) is 0 Å². The van der Waals surface area contributed by atoms with E-state index in [1.165, 1.54) is 31.2 Å². The van der Waals surface area contributed by atoms with E-state index in [2.05, 4.69) is 31.3 Å². The summed E-state index contributed by atoms with van der Waals surface area (Å²) in [5.41, 5.74) is 1.46. The van der Waals surface area contributed by atoms with Crippen LogP contribution in [0.3, 0.4) is 0 Å². The van der Waals surface area contributed by atoms with Crippen molar-refractivity contribution >= 4 is 11.6 Å². The third kappa shape index (κ3) is 3.49. The van der Waals surface area contributed by atoms with E-state index < -0.39 is 0 Å². The van der Waals surface area contributed by atoms with Gasteiger partial charge in [0, 0.05) is 17.0 Å². The summed E-state index contributed by atoms with van der Waals surface area (Å²) in [5.74, 6) is 1.55. The summed E-state index contributed by atoms with van der Waals surface area (Å²) in [5, 5.41) is 4.52. The monoisotopic (exact) mass is 265 g/mol. The van der Waals surface area contributed by atoms with Crippen LogP contribution in [-0.2, 0) is 0 Å². The molecule has 0 bridgehead atoms. The molecule has 1 aromatic carbocycles. The molecule has 1 nitrogen and oxygen atoms in total. The van der Waals surface area contributed by atoms with Crippen molar-refractivity contribution < 1.29 is 0 Å². The molecular weight excluding hydrogens is 242 g/mol. The quantitative estimate of drug-likeness (QED) is 0.759. The Kier molecular flexibility index (Phi) is 5.08. The molecule has 1 aliphatic carbocycles. The van der Waals surface area contributed by atoms with E-state index in [9.17, 15) is 0 Å². The van der Waals surface area contributed by atoms with Gasteiger partial charge in [0.2, 0.25) is 0 Å². The molecule has 0 radical (unpaired) electrons. The van der Waals surface area contributed by atoms with Gasteiger partial charge in [-0.1, -0.05) is 44.0 Å². The Morgan fingerprint density at radius 2 is 1.89 bits per heavy atom. The number of benzene rings is 1. The Morgan fingerprint density at radius 3 is 2.39 bits per heavy atom. The van der Waals surface area contributed by atoms with E-state index in [1.54, 1.807) is 0 Å². The van der Waals surface area contributed by atoms with Crippen molar-refractivity contribution in [2.75, 3.05) is 6.54 Å². The molecule has 2 atom stereocenters. The maximum Gasteiger partial charge on any atom is 0.0406 e. The molecule has 1 fully saturated rings. The lowest BCUT2D eigenvalue weighted by Gasteiger charge is -2.28. The van der Waals surface area contributed by atoms with Crippen LogP contribution in [0.25, 0.3) is 0 Å². The lowest BCUT2D eigenvalue weighted by atomic mass is 9.85. The highest BCUT2D eigenvalue weighted by atomic mass is 35.5. The summed E-state index contributed by atoms with van der Waals surface area (Å²) in [6, 6.07) is 9.10. The van der Waals surface area contributed by atoms with Gasteiger partial charge in [0.1, 0.15) is 0 Å². The first-order valence-corrected chi connectivity index (χ1v) is 7.62. The zero-order valence-corrected chi connectivity index (χ0v) is 12.2. The van der Waals surface area contributed by atoms with Crippen LogP contribution >= 0.6 is 11.6 Å². The molecule has 0 aromatic heterocycles. The molecule has 1 aliphatic rings. The molecule has 1 saturated carbocycles. The lowest BCUT2D eigenvalue weighted by Crippen LogP contribution is -2.35. The van der Waals surface area contributed by atoms with E-state index in [0.717, 1.165) is 17.5 Å². The van der Waals surface area contributed by atoms with Crippen LogP contribution in [0.15, 0.2) is 24.3 Å². The van der Waals surface area contributed by atoms with Crippen LogP contribution in [0.5, 0.6) is 0 Å². The number of hydrogen-bond donors (Lipinski definition) is 1. The van der Waals surface area contributed by atoms with E-state index >= 15 is 0 Å². The third-order valence-corrected chi connectivity index (χ3v) is 4.14. The average molecular weight is 266 g/mol. The molecule has 2 rings (SSSR count). The normalized spacial score (nSPS) is 18.6. The summed E-state index contributed by atoms with van der Waals surface area (Å²) in [7, 11) is 0. The molecule has 2 heteroatoms. The molecule has 1 aromatic rings. The Balaban J connectivity index is 2.17. The number of nitrogens with one attached hydrogen (secondary N) is 1. The SMILES string of the molecule is CCCC(NCC)C(c1ccc(Cl)cc1)C1CC1. The molecule has 0 amide bonds. The maximum atomic E-state index is 6.00. The van der Waals surface area contributed by atoms with Crippen molar-refractivity contribution in [3.05, 3.63) is 34.9 Å². The molecule has 2 unspecified atom stereocenters. The van der Waals surface area contributed by atoms with Gasteiger partial charge in [-0.15, -0.1) is 0 Å². The Hall–Kier alpha value is -0.530. The minimum absolute atomic E-state index is 0.619. The molecule has 18 heavy (non-hydrogen) atoms. The molecule has 0 aliphatic heterocycles. The van der Waals surface area contributed by atoms with Crippen molar-refractivity contribution in [3.8, 4) is 0 Å². The van der Waals surface area contributed by atoms with Crippen LogP contribution in [0.4, 0.5) is 0 Å². The van der Waals surface area contributed by atoms with Crippen molar-refractivity contribution in [3.63, 3.8) is 0 Å².